The molecule has 1 heterocycles. The fourth-order valence-corrected chi connectivity index (χ4v) is 6.47. The molecule has 5 nitrogen and oxygen atoms in total. The van der Waals surface area contributed by atoms with Gasteiger partial charge < -0.3 is 5.32 Å². The highest BCUT2D eigenvalue weighted by Gasteiger charge is 2.31. The predicted octanol–water partition coefficient (Wildman–Crippen LogP) is 7.04. The van der Waals surface area contributed by atoms with Crippen LogP contribution in [0.5, 0.6) is 0 Å². The van der Waals surface area contributed by atoms with E-state index in [1.807, 2.05) is 0 Å². The van der Waals surface area contributed by atoms with Crippen molar-refractivity contribution in [2.24, 2.45) is 0 Å². The Labute approximate surface area is 205 Å². The van der Waals surface area contributed by atoms with Crippen LogP contribution in [0.3, 0.4) is 0 Å². The second-order valence-electron chi connectivity index (χ2n) is 7.34. The number of amides is 1. The molecule has 0 aliphatic carbocycles. The average Bonchev–Trinajstić information content (AvgIpc) is 3.09. The van der Waals surface area contributed by atoms with Crippen molar-refractivity contribution in [1.82, 2.24) is 0 Å². The van der Waals surface area contributed by atoms with Crippen LogP contribution in [-0.2, 0) is 16.2 Å². The molecule has 176 valence electrons. The van der Waals surface area contributed by atoms with Gasteiger partial charge in [0.05, 0.1) is 16.1 Å². The largest absolute Gasteiger partial charge is 0.416 e. The molecule has 4 rings (SSSR count). The Kier molecular flexibility index (Phi) is 6.45. The monoisotopic (exact) mass is 568 g/mol. The highest BCUT2D eigenvalue weighted by molar-refractivity contribution is 9.10. The lowest BCUT2D eigenvalue weighted by atomic mass is 10.1. The van der Waals surface area contributed by atoms with E-state index in [0.717, 1.165) is 23.5 Å². The van der Waals surface area contributed by atoms with Crippen molar-refractivity contribution < 1.29 is 26.4 Å². The topological polar surface area (TPSA) is 75.3 Å². The Balaban J connectivity index is 1.58. The van der Waals surface area contributed by atoms with Gasteiger partial charge in [0.15, 0.2) is 0 Å². The van der Waals surface area contributed by atoms with E-state index >= 15 is 0 Å². The van der Waals surface area contributed by atoms with Crippen LogP contribution < -0.4 is 10.0 Å². The van der Waals surface area contributed by atoms with E-state index < -0.39 is 27.7 Å². The zero-order valence-corrected chi connectivity index (χ0v) is 20.6. The first-order valence-corrected chi connectivity index (χ1v) is 12.8. The van der Waals surface area contributed by atoms with E-state index in [4.69, 9.17) is 0 Å². The van der Waals surface area contributed by atoms with Gasteiger partial charge >= 0.3 is 6.18 Å². The summed E-state index contributed by atoms with van der Waals surface area (Å²) in [5.41, 5.74) is 0.217. The molecule has 0 radical (unpaired) electrons. The number of carbonyl (C=O) groups is 1. The number of thiophene rings is 1. The number of aryl methyl sites for hydroxylation is 1. The van der Waals surface area contributed by atoms with Crippen LogP contribution >= 0.6 is 27.3 Å². The number of rotatable bonds is 5. The van der Waals surface area contributed by atoms with Gasteiger partial charge in [0, 0.05) is 14.9 Å². The van der Waals surface area contributed by atoms with E-state index in [1.165, 1.54) is 24.3 Å². The lowest BCUT2D eigenvalue weighted by Crippen LogP contribution is -2.14. The summed E-state index contributed by atoms with van der Waals surface area (Å²) >= 11 is 4.31. The second kappa shape index (κ2) is 9.05. The summed E-state index contributed by atoms with van der Waals surface area (Å²) in [6, 6.07) is 15.9. The summed E-state index contributed by atoms with van der Waals surface area (Å²) in [5.74, 6) is -0.502. The number of benzene rings is 3. The van der Waals surface area contributed by atoms with Crippen molar-refractivity contribution in [3.05, 3.63) is 87.2 Å². The Morgan fingerprint density at radius 2 is 1.68 bits per heavy atom. The average molecular weight is 569 g/mol. The Bertz CT molecular complexity index is 1520. The summed E-state index contributed by atoms with van der Waals surface area (Å²) in [6.45, 7) is 1.59. The molecular weight excluding hydrogens is 553 g/mol. The maximum atomic E-state index is 13.1. The first-order chi connectivity index (χ1) is 16.0. The number of sulfonamides is 1. The molecule has 11 heteroatoms. The second-order valence-corrected chi connectivity index (χ2v) is 10.9. The molecule has 0 aliphatic heterocycles. The Morgan fingerprint density at radius 1 is 0.971 bits per heavy atom. The lowest BCUT2D eigenvalue weighted by molar-refractivity contribution is -0.137. The van der Waals surface area contributed by atoms with Crippen molar-refractivity contribution in [1.29, 1.82) is 0 Å². The number of anilines is 2. The van der Waals surface area contributed by atoms with Gasteiger partial charge in [0.2, 0.25) is 0 Å². The van der Waals surface area contributed by atoms with Crippen molar-refractivity contribution in [3.8, 4) is 0 Å². The summed E-state index contributed by atoms with van der Waals surface area (Å²) in [6.07, 6.45) is -4.48. The molecule has 3 aromatic carbocycles. The maximum Gasteiger partial charge on any atom is 0.416 e. The fraction of sp³-hybridized carbons (Fsp3) is 0.0870. The molecule has 0 bridgehead atoms. The summed E-state index contributed by atoms with van der Waals surface area (Å²) in [4.78, 5) is 13.2. The molecule has 0 saturated carbocycles. The van der Waals surface area contributed by atoms with Crippen LogP contribution in [0.25, 0.3) is 10.1 Å². The van der Waals surface area contributed by atoms with Gasteiger partial charge in [0.1, 0.15) is 4.90 Å². The molecule has 0 unspecified atom stereocenters. The molecule has 0 aliphatic rings. The quantitative estimate of drug-likeness (QED) is 0.271. The van der Waals surface area contributed by atoms with Gasteiger partial charge in [-0.3, -0.25) is 9.52 Å². The summed E-state index contributed by atoms with van der Waals surface area (Å²) in [5, 5.41) is 3.05. The molecule has 0 atom stereocenters. The Morgan fingerprint density at radius 3 is 2.38 bits per heavy atom. The number of hydrogen-bond acceptors (Lipinski definition) is 4. The molecule has 0 saturated heterocycles. The van der Waals surface area contributed by atoms with E-state index in [1.54, 1.807) is 37.3 Å². The summed E-state index contributed by atoms with van der Waals surface area (Å²) < 4.78 is 68.0. The van der Waals surface area contributed by atoms with Gasteiger partial charge in [-0.25, -0.2) is 8.42 Å². The predicted molar refractivity (Wildman–Crippen MR) is 131 cm³/mol. The fourth-order valence-electron chi connectivity index (χ4n) is 3.33. The standard InChI is InChI=1S/C23H16BrF3N2O3S2/c1-13-17-11-14(23(25,26)27)9-10-19(17)33-21(13)22(30)28-15-5-4-6-16(12-15)29-34(31,32)20-8-3-2-7-18(20)24/h2-12,29H,1H3,(H,28,30). The van der Waals surface area contributed by atoms with Crippen molar-refractivity contribution in [3.63, 3.8) is 0 Å². The van der Waals surface area contributed by atoms with Crippen molar-refractivity contribution in [2.45, 2.75) is 18.0 Å². The normalized spacial score (nSPS) is 12.0. The zero-order chi connectivity index (χ0) is 24.7. The lowest BCUT2D eigenvalue weighted by Gasteiger charge is -2.11. The van der Waals surface area contributed by atoms with Crippen molar-refractivity contribution in [2.75, 3.05) is 10.0 Å². The van der Waals surface area contributed by atoms with Gasteiger partial charge in [-0.15, -0.1) is 11.3 Å². The first kappa shape index (κ1) is 24.2. The molecule has 1 aromatic heterocycles. The maximum absolute atomic E-state index is 13.1. The molecule has 1 amide bonds. The van der Waals surface area contributed by atoms with E-state index in [0.29, 0.717) is 25.8 Å². The third-order valence-electron chi connectivity index (χ3n) is 4.97. The number of hydrogen-bond donors (Lipinski definition) is 2. The minimum Gasteiger partial charge on any atom is -0.321 e. The van der Waals surface area contributed by atoms with Gasteiger partial charge in [-0.05, 0) is 82.3 Å². The van der Waals surface area contributed by atoms with Gasteiger partial charge in [-0.2, -0.15) is 13.2 Å². The third kappa shape index (κ3) is 4.96. The molecule has 2 N–H and O–H groups in total. The van der Waals surface area contributed by atoms with E-state index in [2.05, 4.69) is 26.0 Å². The van der Waals surface area contributed by atoms with E-state index in [9.17, 15) is 26.4 Å². The van der Waals surface area contributed by atoms with Gasteiger partial charge in [-0.1, -0.05) is 18.2 Å². The number of carbonyl (C=O) groups excluding carboxylic acids is 1. The highest BCUT2D eigenvalue weighted by atomic mass is 79.9. The van der Waals surface area contributed by atoms with Crippen LogP contribution in [-0.4, -0.2) is 14.3 Å². The van der Waals surface area contributed by atoms with Crippen molar-refractivity contribution >= 4 is 64.7 Å². The number of alkyl halides is 3. The SMILES string of the molecule is Cc1c(C(=O)Nc2cccc(NS(=O)(=O)c3ccccc3Br)c2)sc2ccc(C(F)(F)F)cc12. The van der Waals surface area contributed by atoms with Crippen LogP contribution in [0, 0.1) is 6.92 Å². The Hall–Kier alpha value is -2.89. The van der Waals surface area contributed by atoms with E-state index in [-0.39, 0.29) is 15.5 Å². The molecule has 0 fully saturated rings. The summed E-state index contributed by atoms with van der Waals surface area (Å²) in [7, 11) is -3.88. The van der Waals surface area contributed by atoms with Crippen LogP contribution in [0.1, 0.15) is 20.8 Å². The molecular formula is C23H16BrF3N2O3S2. The number of nitrogens with one attached hydrogen (secondary N) is 2. The molecule has 0 spiro atoms. The first-order valence-electron chi connectivity index (χ1n) is 9.75. The van der Waals surface area contributed by atoms with Crippen LogP contribution in [0.4, 0.5) is 24.5 Å². The van der Waals surface area contributed by atoms with Crippen LogP contribution in [0.15, 0.2) is 76.1 Å². The molecule has 4 aromatic rings. The minimum absolute atomic E-state index is 0.0589. The van der Waals surface area contributed by atoms with Crippen LogP contribution in [0.2, 0.25) is 0 Å². The number of fused-ring (bicyclic) bond motifs is 1. The highest BCUT2D eigenvalue weighted by Crippen LogP contribution is 2.37. The third-order valence-corrected chi connectivity index (χ3v) is 8.63. The number of halogens is 4. The smallest absolute Gasteiger partial charge is 0.321 e. The van der Waals surface area contributed by atoms with Gasteiger partial charge in [0.25, 0.3) is 15.9 Å². The minimum atomic E-state index is -4.48. The zero-order valence-electron chi connectivity index (χ0n) is 17.4. The molecule has 34 heavy (non-hydrogen) atoms.